The average molecular weight is 456 g/mol. The van der Waals surface area contributed by atoms with Crippen LogP contribution in [0.5, 0.6) is 0 Å². The van der Waals surface area contributed by atoms with E-state index in [-0.39, 0.29) is 10.9 Å². The number of rotatable bonds is 4. The van der Waals surface area contributed by atoms with Gasteiger partial charge in [-0.15, -0.1) is 0 Å². The van der Waals surface area contributed by atoms with Gasteiger partial charge >= 0.3 is 0 Å². The van der Waals surface area contributed by atoms with Crippen LogP contribution in [-0.2, 0) is 6.42 Å². The van der Waals surface area contributed by atoms with Gasteiger partial charge in [-0.25, -0.2) is 4.98 Å². The van der Waals surface area contributed by atoms with Gasteiger partial charge in [0.2, 0.25) is 5.89 Å². The fourth-order valence-electron chi connectivity index (χ4n) is 3.73. The molecule has 2 N–H and O–H groups in total. The second kappa shape index (κ2) is 8.52. The van der Waals surface area contributed by atoms with Gasteiger partial charge in [0.05, 0.1) is 0 Å². The number of carbonyl (C=O) groups is 1. The zero-order valence-electron chi connectivity index (χ0n) is 18.1. The van der Waals surface area contributed by atoms with Crippen molar-refractivity contribution in [3.8, 4) is 11.5 Å². The number of benzene rings is 3. The minimum absolute atomic E-state index is 0.182. The van der Waals surface area contributed by atoms with E-state index in [1.54, 1.807) is 0 Å². The van der Waals surface area contributed by atoms with Crippen LogP contribution in [0, 0.1) is 6.92 Å². The molecule has 0 aliphatic heterocycles. The van der Waals surface area contributed by atoms with Gasteiger partial charge < -0.3 is 14.2 Å². The first kappa shape index (κ1) is 20.9. The summed E-state index contributed by atoms with van der Waals surface area (Å²) in [6, 6.07) is 21.1. The van der Waals surface area contributed by atoms with Crippen LogP contribution in [-0.4, -0.2) is 16.0 Å². The molecule has 0 radical (unpaired) electrons. The molecule has 1 amide bonds. The fourth-order valence-corrected chi connectivity index (χ4v) is 3.94. The Morgan fingerprint density at radius 2 is 1.79 bits per heavy atom. The SMILES string of the molecule is CCc1ccc2oc(-c3ccc(NC(=S)NC(=O)c4oc5ccccc5c4C)cc3)nc2c1. The minimum Gasteiger partial charge on any atom is -0.451 e. The number of fused-ring (bicyclic) bond motifs is 2. The van der Waals surface area contributed by atoms with Crippen LogP contribution in [0.2, 0.25) is 0 Å². The van der Waals surface area contributed by atoms with Crippen molar-refractivity contribution in [3.63, 3.8) is 0 Å². The number of thiocarbonyl (C=S) groups is 1. The van der Waals surface area contributed by atoms with Gasteiger partial charge in [-0.3, -0.25) is 10.1 Å². The second-order valence-corrected chi connectivity index (χ2v) is 8.12. The Balaban J connectivity index is 1.27. The van der Waals surface area contributed by atoms with Gasteiger partial charge in [-0.1, -0.05) is 31.2 Å². The number of hydrogen-bond acceptors (Lipinski definition) is 5. The van der Waals surface area contributed by atoms with Crippen molar-refractivity contribution in [2.24, 2.45) is 0 Å². The van der Waals surface area contributed by atoms with Gasteiger partial charge in [-0.2, -0.15) is 0 Å². The summed E-state index contributed by atoms with van der Waals surface area (Å²) in [5, 5.41) is 6.79. The van der Waals surface area contributed by atoms with E-state index in [1.165, 1.54) is 5.56 Å². The minimum atomic E-state index is -0.393. The van der Waals surface area contributed by atoms with Crippen molar-refractivity contribution in [3.05, 3.63) is 83.6 Å². The summed E-state index contributed by atoms with van der Waals surface area (Å²) in [6.45, 7) is 3.96. The maximum Gasteiger partial charge on any atom is 0.293 e. The molecule has 0 aliphatic carbocycles. The van der Waals surface area contributed by atoms with Crippen LogP contribution < -0.4 is 10.6 Å². The fraction of sp³-hybridized carbons (Fsp3) is 0.115. The van der Waals surface area contributed by atoms with Crippen LogP contribution >= 0.6 is 12.2 Å². The number of hydrogen-bond donors (Lipinski definition) is 2. The molecule has 2 aromatic heterocycles. The highest BCUT2D eigenvalue weighted by Crippen LogP contribution is 2.27. The van der Waals surface area contributed by atoms with Gasteiger partial charge in [0.15, 0.2) is 16.5 Å². The second-order valence-electron chi connectivity index (χ2n) is 7.71. The van der Waals surface area contributed by atoms with E-state index in [0.717, 1.165) is 39.7 Å². The van der Waals surface area contributed by atoms with E-state index in [0.29, 0.717) is 11.5 Å². The van der Waals surface area contributed by atoms with E-state index in [4.69, 9.17) is 21.1 Å². The number of aryl methyl sites for hydroxylation is 2. The van der Waals surface area contributed by atoms with Crippen LogP contribution in [0.15, 0.2) is 75.6 Å². The molecule has 6 nitrogen and oxygen atoms in total. The topological polar surface area (TPSA) is 80.3 Å². The summed E-state index contributed by atoms with van der Waals surface area (Å²) < 4.78 is 11.6. The lowest BCUT2D eigenvalue weighted by atomic mass is 10.1. The summed E-state index contributed by atoms with van der Waals surface area (Å²) in [6.07, 6.45) is 0.949. The maximum atomic E-state index is 12.7. The molecule has 33 heavy (non-hydrogen) atoms. The molecule has 5 rings (SSSR count). The third-order valence-corrected chi connectivity index (χ3v) is 5.73. The lowest BCUT2D eigenvalue weighted by Gasteiger charge is -2.09. The molecule has 3 aromatic carbocycles. The lowest BCUT2D eigenvalue weighted by Crippen LogP contribution is -2.34. The Kier molecular flexibility index (Phi) is 5.40. The summed E-state index contributed by atoms with van der Waals surface area (Å²) in [4.78, 5) is 17.3. The quantitative estimate of drug-likeness (QED) is 0.312. The van der Waals surface area contributed by atoms with Crippen molar-refractivity contribution >= 4 is 51.0 Å². The van der Waals surface area contributed by atoms with E-state index in [2.05, 4.69) is 22.5 Å². The first-order valence-electron chi connectivity index (χ1n) is 10.6. The number of para-hydroxylation sites is 1. The standard InChI is InChI=1S/C26H21N3O3S/c1-3-16-8-13-22-20(14-16)28-25(32-22)17-9-11-18(12-10-17)27-26(33)29-24(30)23-15(2)19-6-4-5-7-21(19)31-23/h4-14H,3H2,1-2H3,(H2,27,29,30,33). The monoisotopic (exact) mass is 455 g/mol. The number of aromatic nitrogens is 1. The van der Waals surface area contributed by atoms with E-state index >= 15 is 0 Å². The van der Waals surface area contributed by atoms with E-state index in [1.807, 2.05) is 73.7 Å². The Hall–Kier alpha value is -3.97. The average Bonchev–Trinajstić information content (AvgIpc) is 3.40. The van der Waals surface area contributed by atoms with Crippen molar-refractivity contribution in [2.75, 3.05) is 5.32 Å². The maximum absolute atomic E-state index is 12.7. The van der Waals surface area contributed by atoms with Crippen molar-refractivity contribution in [1.82, 2.24) is 10.3 Å². The van der Waals surface area contributed by atoms with Crippen molar-refractivity contribution in [1.29, 1.82) is 0 Å². The molecule has 0 bridgehead atoms. The zero-order chi connectivity index (χ0) is 22.9. The highest BCUT2D eigenvalue weighted by atomic mass is 32.1. The van der Waals surface area contributed by atoms with Crippen LogP contribution in [0.3, 0.4) is 0 Å². The molecule has 0 spiro atoms. The first-order chi connectivity index (χ1) is 16.0. The molecule has 0 atom stereocenters. The molecular weight excluding hydrogens is 434 g/mol. The third-order valence-electron chi connectivity index (χ3n) is 5.53. The van der Waals surface area contributed by atoms with Crippen molar-refractivity contribution in [2.45, 2.75) is 20.3 Å². The number of nitrogens with zero attached hydrogens (tertiary/aromatic N) is 1. The first-order valence-corrected chi connectivity index (χ1v) is 11.0. The van der Waals surface area contributed by atoms with Gasteiger partial charge in [0.1, 0.15) is 11.1 Å². The molecule has 0 fully saturated rings. The highest BCUT2D eigenvalue weighted by molar-refractivity contribution is 7.80. The number of furan rings is 1. The summed E-state index contributed by atoms with van der Waals surface area (Å²) in [5.74, 6) is 0.412. The number of carbonyl (C=O) groups excluding carboxylic acids is 1. The van der Waals surface area contributed by atoms with Gasteiger partial charge in [-0.05, 0) is 73.6 Å². The molecule has 164 valence electrons. The Labute approximate surface area is 195 Å². The normalized spacial score (nSPS) is 11.1. The Morgan fingerprint density at radius 3 is 2.55 bits per heavy atom. The van der Waals surface area contributed by atoms with Crippen molar-refractivity contribution < 1.29 is 13.6 Å². The zero-order valence-corrected chi connectivity index (χ0v) is 19.0. The molecule has 0 aliphatic rings. The largest absolute Gasteiger partial charge is 0.451 e. The number of anilines is 1. The molecular formula is C26H21N3O3S. The number of nitrogens with one attached hydrogen (secondary N) is 2. The summed E-state index contributed by atoms with van der Waals surface area (Å²) in [7, 11) is 0. The summed E-state index contributed by atoms with van der Waals surface area (Å²) >= 11 is 5.31. The van der Waals surface area contributed by atoms with Crippen LogP contribution in [0.1, 0.15) is 28.6 Å². The van der Waals surface area contributed by atoms with Crippen LogP contribution in [0.4, 0.5) is 5.69 Å². The predicted molar refractivity (Wildman–Crippen MR) is 133 cm³/mol. The molecule has 7 heteroatoms. The Morgan fingerprint density at radius 1 is 1.00 bits per heavy atom. The number of oxazole rings is 1. The van der Waals surface area contributed by atoms with Gasteiger partial charge in [0, 0.05) is 22.2 Å². The van der Waals surface area contributed by atoms with Gasteiger partial charge in [0.25, 0.3) is 5.91 Å². The smallest absolute Gasteiger partial charge is 0.293 e. The third kappa shape index (κ3) is 4.10. The predicted octanol–water partition coefficient (Wildman–Crippen LogP) is 6.24. The molecule has 0 saturated heterocycles. The van der Waals surface area contributed by atoms with E-state index < -0.39 is 5.91 Å². The molecule has 5 aromatic rings. The molecule has 2 heterocycles. The molecule has 0 unspecified atom stereocenters. The van der Waals surface area contributed by atoms with Crippen LogP contribution in [0.25, 0.3) is 33.5 Å². The molecule has 0 saturated carbocycles. The lowest BCUT2D eigenvalue weighted by molar-refractivity contribution is 0.0952. The summed E-state index contributed by atoms with van der Waals surface area (Å²) in [5.41, 5.74) is 5.84. The highest BCUT2D eigenvalue weighted by Gasteiger charge is 2.18. The van der Waals surface area contributed by atoms with E-state index in [9.17, 15) is 4.79 Å². The Bertz CT molecular complexity index is 1500. The number of amides is 1.